The molecule has 0 spiro atoms. The fourth-order valence-corrected chi connectivity index (χ4v) is 1.95. The van der Waals surface area contributed by atoms with Crippen molar-refractivity contribution in [2.24, 2.45) is 0 Å². The number of ketones is 1. The van der Waals surface area contributed by atoms with Crippen LogP contribution in [-0.2, 0) is 14.3 Å². The molecule has 1 aromatic rings. The number of nitro groups is 1. The molecule has 0 radical (unpaired) electrons. The minimum atomic E-state index is -0.828. The molecule has 0 aliphatic rings. The highest BCUT2D eigenvalue weighted by Crippen LogP contribution is 2.15. The largest absolute Gasteiger partial charge is 0.466 e. The number of carbonyl (C=O) groups excluding carboxylic acids is 2. The molecule has 0 fully saturated rings. The molecule has 1 unspecified atom stereocenters. The number of Topliss-reactive ketones (excluding diaryl/α,β-unsaturated/α-hetero) is 1. The zero-order chi connectivity index (χ0) is 17.2. The van der Waals surface area contributed by atoms with E-state index in [9.17, 15) is 19.7 Å². The number of ether oxygens (including phenoxy) is 2. The van der Waals surface area contributed by atoms with Gasteiger partial charge in [0.05, 0.1) is 30.6 Å². The van der Waals surface area contributed by atoms with Crippen LogP contribution in [0.15, 0.2) is 24.3 Å². The first-order valence-corrected chi connectivity index (χ1v) is 7.16. The third kappa shape index (κ3) is 6.13. The summed E-state index contributed by atoms with van der Waals surface area (Å²) in [7, 11) is 1.52. The normalized spacial score (nSPS) is 11.7. The molecule has 23 heavy (non-hydrogen) atoms. The smallest absolute Gasteiger partial charge is 0.307 e. The summed E-state index contributed by atoms with van der Waals surface area (Å²) in [6, 6.07) is 4.58. The Morgan fingerprint density at radius 2 is 2.13 bits per heavy atom. The molecule has 0 bridgehead atoms. The molecule has 0 heterocycles. The predicted molar refractivity (Wildman–Crippen MR) is 82.3 cm³/mol. The number of hydrogen-bond acceptors (Lipinski definition) is 7. The van der Waals surface area contributed by atoms with E-state index in [0.29, 0.717) is 13.2 Å². The second-order valence-corrected chi connectivity index (χ2v) is 4.68. The van der Waals surface area contributed by atoms with Gasteiger partial charge in [-0.3, -0.25) is 19.7 Å². The first-order chi connectivity index (χ1) is 11.0. The minimum Gasteiger partial charge on any atom is -0.466 e. The molecule has 0 aliphatic carbocycles. The third-order valence-electron chi connectivity index (χ3n) is 3.03. The second kappa shape index (κ2) is 9.65. The van der Waals surface area contributed by atoms with Crippen LogP contribution in [0.3, 0.4) is 0 Å². The van der Waals surface area contributed by atoms with E-state index in [1.165, 1.54) is 31.4 Å². The number of carbonyl (C=O) groups is 2. The van der Waals surface area contributed by atoms with Gasteiger partial charge in [0.15, 0.2) is 5.78 Å². The molecule has 8 nitrogen and oxygen atoms in total. The third-order valence-corrected chi connectivity index (χ3v) is 3.03. The highest BCUT2D eigenvalue weighted by atomic mass is 16.6. The van der Waals surface area contributed by atoms with Gasteiger partial charge >= 0.3 is 5.97 Å². The number of nitrogens with one attached hydrogen (secondary N) is 1. The molecule has 0 aliphatic heterocycles. The van der Waals surface area contributed by atoms with Gasteiger partial charge in [0.25, 0.3) is 5.69 Å². The molecular formula is C15H20N2O6. The number of rotatable bonds is 10. The van der Waals surface area contributed by atoms with Crippen molar-refractivity contribution in [3.63, 3.8) is 0 Å². The predicted octanol–water partition coefficient (Wildman–Crippen LogP) is 1.34. The highest BCUT2D eigenvalue weighted by molar-refractivity contribution is 6.02. The van der Waals surface area contributed by atoms with Gasteiger partial charge in [0, 0.05) is 31.4 Å². The fraction of sp³-hybridized carbons (Fsp3) is 0.467. The lowest BCUT2D eigenvalue weighted by atomic mass is 10.0. The number of esters is 1. The molecule has 1 N–H and O–H groups in total. The first-order valence-electron chi connectivity index (χ1n) is 7.16. The quantitative estimate of drug-likeness (QED) is 0.227. The maximum absolute atomic E-state index is 12.5. The van der Waals surface area contributed by atoms with Gasteiger partial charge in [0.1, 0.15) is 0 Å². The summed E-state index contributed by atoms with van der Waals surface area (Å²) in [5, 5.41) is 13.7. The Balaban J connectivity index is 2.90. The van der Waals surface area contributed by atoms with E-state index in [-0.39, 0.29) is 24.3 Å². The zero-order valence-electron chi connectivity index (χ0n) is 13.1. The molecule has 8 heteroatoms. The van der Waals surface area contributed by atoms with Gasteiger partial charge in [-0.1, -0.05) is 12.1 Å². The van der Waals surface area contributed by atoms with Crippen molar-refractivity contribution in [3.8, 4) is 0 Å². The second-order valence-electron chi connectivity index (χ2n) is 4.68. The van der Waals surface area contributed by atoms with Crippen LogP contribution in [0.25, 0.3) is 0 Å². The Hall–Kier alpha value is -2.32. The molecule has 126 valence electrons. The van der Waals surface area contributed by atoms with Crippen LogP contribution in [0.4, 0.5) is 5.69 Å². The van der Waals surface area contributed by atoms with Crippen LogP contribution >= 0.6 is 0 Å². The Labute approximate surface area is 133 Å². The molecule has 1 atom stereocenters. The SMILES string of the molecule is CCOC(=O)CC(NCCOC)C(=O)c1cccc([N+](=O)[O-])c1. The van der Waals surface area contributed by atoms with Crippen molar-refractivity contribution >= 4 is 17.4 Å². The van der Waals surface area contributed by atoms with Gasteiger partial charge in [-0.2, -0.15) is 0 Å². The van der Waals surface area contributed by atoms with Crippen molar-refractivity contribution in [3.05, 3.63) is 39.9 Å². The Morgan fingerprint density at radius 3 is 2.74 bits per heavy atom. The number of benzene rings is 1. The van der Waals surface area contributed by atoms with Gasteiger partial charge < -0.3 is 14.8 Å². The summed E-state index contributed by atoms with van der Waals surface area (Å²) in [6.07, 6.45) is -0.154. The minimum absolute atomic E-state index is 0.154. The molecule has 1 aromatic carbocycles. The van der Waals surface area contributed by atoms with Crippen LogP contribution in [0, 0.1) is 10.1 Å². The van der Waals surface area contributed by atoms with Crippen LogP contribution in [0.2, 0.25) is 0 Å². The van der Waals surface area contributed by atoms with Crippen molar-refractivity contribution in [2.75, 3.05) is 26.9 Å². The van der Waals surface area contributed by atoms with Gasteiger partial charge in [0.2, 0.25) is 0 Å². The zero-order valence-corrected chi connectivity index (χ0v) is 13.1. The summed E-state index contributed by atoms with van der Waals surface area (Å²) in [5.41, 5.74) is -0.0129. The van der Waals surface area contributed by atoms with E-state index in [4.69, 9.17) is 9.47 Å². The molecule has 0 aromatic heterocycles. The summed E-state index contributed by atoms with van der Waals surface area (Å²) < 4.78 is 9.76. The van der Waals surface area contributed by atoms with Gasteiger partial charge in [-0.15, -0.1) is 0 Å². The Bertz CT molecular complexity index is 561. The summed E-state index contributed by atoms with van der Waals surface area (Å²) in [5.74, 6) is -0.918. The number of methoxy groups -OCH3 is 1. The van der Waals surface area contributed by atoms with E-state index >= 15 is 0 Å². The monoisotopic (exact) mass is 324 g/mol. The summed E-state index contributed by atoms with van der Waals surface area (Å²) in [6.45, 7) is 2.62. The highest BCUT2D eigenvalue weighted by Gasteiger charge is 2.24. The van der Waals surface area contributed by atoms with Crippen LogP contribution in [0.1, 0.15) is 23.7 Å². The van der Waals surface area contributed by atoms with Crippen molar-refractivity contribution < 1.29 is 24.0 Å². The van der Waals surface area contributed by atoms with Crippen molar-refractivity contribution in [2.45, 2.75) is 19.4 Å². The molecule has 0 saturated carbocycles. The Kier molecular flexibility index (Phi) is 7.86. The van der Waals surface area contributed by atoms with E-state index in [0.717, 1.165) is 0 Å². The number of non-ortho nitro benzene ring substituents is 1. The topological polar surface area (TPSA) is 108 Å². The number of nitro benzene ring substituents is 1. The number of hydrogen-bond donors (Lipinski definition) is 1. The van der Waals surface area contributed by atoms with Gasteiger partial charge in [-0.25, -0.2) is 0 Å². The lowest BCUT2D eigenvalue weighted by Gasteiger charge is -2.16. The average molecular weight is 324 g/mol. The summed E-state index contributed by atoms with van der Waals surface area (Å²) >= 11 is 0. The molecule has 0 amide bonds. The fourth-order valence-electron chi connectivity index (χ4n) is 1.95. The first kappa shape index (κ1) is 18.7. The van der Waals surface area contributed by atoms with E-state index in [2.05, 4.69) is 5.32 Å². The lowest BCUT2D eigenvalue weighted by molar-refractivity contribution is -0.384. The van der Waals surface area contributed by atoms with E-state index in [1.54, 1.807) is 6.92 Å². The number of nitrogens with zero attached hydrogens (tertiary/aromatic N) is 1. The standard InChI is InChI=1S/C15H20N2O6/c1-3-23-14(18)10-13(16-7-8-22-2)15(19)11-5-4-6-12(9-11)17(20)21/h4-6,9,13,16H,3,7-8,10H2,1-2H3. The average Bonchev–Trinajstić information content (AvgIpc) is 2.53. The van der Waals surface area contributed by atoms with Crippen molar-refractivity contribution in [1.82, 2.24) is 5.32 Å². The van der Waals surface area contributed by atoms with E-state index in [1.807, 2.05) is 0 Å². The molecule has 0 saturated heterocycles. The van der Waals surface area contributed by atoms with Crippen LogP contribution in [0.5, 0.6) is 0 Å². The molecule has 1 rings (SSSR count). The van der Waals surface area contributed by atoms with Gasteiger partial charge in [-0.05, 0) is 6.92 Å². The maximum atomic E-state index is 12.5. The maximum Gasteiger partial charge on any atom is 0.307 e. The molecular weight excluding hydrogens is 304 g/mol. The van der Waals surface area contributed by atoms with Crippen LogP contribution < -0.4 is 5.32 Å². The lowest BCUT2D eigenvalue weighted by Crippen LogP contribution is -2.40. The van der Waals surface area contributed by atoms with Crippen molar-refractivity contribution in [1.29, 1.82) is 0 Å². The van der Waals surface area contributed by atoms with E-state index < -0.39 is 22.7 Å². The summed E-state index contributed by atoms with van der Waals surface area (Å²) in [4.78, 5) is 34.4. The van der Waals surface area contributed by atoms with Crippen LogP contribution in [-0.4, -0.2) is 49.6 Å². The Morgan fingerprint density at radius 1 is 1.39 bits per heavy atom.